The molecule has 0 spiro atoms. The Morgan fingerprint density at radius 3 is 2.48 bits per heavy atom. The lowest BCUT2D eigenvalue weighted by Gasteiger charge is -2.16. The van der Waals surface area contributed by atoms with Crippen LogP contribution in [-0.4, -0.2) is 32.2 Å². The SMILES string of the molecule is COc1ccc(OC)c(NC(=O)[C@H](C)OC(=O)c2cccc(Cl)c2)c1. The molecule has 0 aliphatic heterocycles. The Kier molecular flexibility index (Phi) is 6.25. The van der Waals surface area contributed by atoms with E-state index in [2.05, 4.69) is 5.32 Å². The second-order valence-corrected chi connectivity index (χ2v) is 5.55. The highest BCUT2D eigenvalue weighted by Gasteiger charge is 2.20. The van der Waals surface area contributed by atoms with Crippen molar-refractivity contribution < 1.29 is 23.8 Å². The molecule has 6 nitrogen and oxygen atoms in total. The number of amides is 1. The maximum Gasteiger partial charge on any atom is 0.338 e. The number of benzene rings is 2. The molecule has 2 aromatic rings. The number of rotatable bonds is 6. The average Bonchev–Trinajstić information content (AvgIpc) is 2.61. The summed E-state index contributed by atoms with van der Waals surface area (Å²) in [5, 5.41) is 3.07. The highest BCUT2D eigenvalue weighted by molar-refractivity contribution is 6.30. The molecular formula is C18H18ClNO5. The Labute approximate surface area is 150 Å². The molecule has 0 unspecified atom stereocenters. The molecule has 25 heavy (non-hydrogen) atoms. The third-order valence-corrected chi connectivity index (χ3v) is 3.61. The molecule has 1 amide bonds. The first kappa shape index (κ1) is 18.6. The molecule has 1 atom stereocenters. The van der Waals surface area contributed by atoms with Crippen LogP contribution in [0.5, 0.6) is 11.5 Å². The number of esters is 1. The first-order valence-electron chi connectivity index (χ1n) is 7.44. The van der Waals surface area contributed by atoms with Crippen LogP contribution in [0.15, 0.2) is 42.5 Å². The summed E-state index contributed by atoms with van der Waals surface area (Å²) in [6.45, 7) is 1.48. The Balaban J connectivity index is 2.06. The molecular weight excluding hydrogens is 346 g/mol. The molecule has 2 rings (SSSR count). The van der Waals surface area contributed by atoms with Crippen LogP contribution in [0.3, 0.4) is 0 Å². The first-order chi connectivity index (χ1) is 11.9. The van der Waals surface area contributed by atoms with Gasteiger partial charge in [0.25, 0.3) is 5.91 Å². The zero-order valence-electron chi connectivity index (χ0n) is 14.0. The monoisotopic (exact) mass is 363 g/mol. The number of halogens is 1. The summed E-state index contributed by atoms with van der Waals surface area (Å²) in [6.07, 6.45) is -1.01. The fraction of sp³-hybridized carbons (Fsp3) is 0.222. The van der Waals surface area contributed by atoms with Crippen molar-refractivity contribution in [3.05, 3.63) is 53.1 Å². The van der Waals surface area contributed by atoms with Gasteiger partial charge in [0, 0.05) is 11.1 Å². The molecule has 0 aliphatic rings. The number of carbonyl (C=O) groups excluding carboxylic acids is 2. The third-order valence-electron chi connectivity index (χ3n) is 3.38. The summed E-state index contributed by atoms with van der Waals surface area (Å²) < 4.78 is 15.5. The molecule has 2 aromatic carbocycles. The minimum absolute atomic E-state index is 0.270. The van der Waals surface area contributed by atoms with Crippen molar-refractivity contribution in [2.45, 2.75) is 13.0 Å². The Bertz CT molecular complexity index is 778. The van der Waals surface area contributed by atoms with Gasteiger partial charge in [-0.1, -0.05) is 17.7 Å². The van der Waals surface area contributed by atoms with Crippen LogP contribution >= 0.6 is 11.6 Å². The van der Waals surface area contributed by atoms with Crippen LogP contribution in [0, 0.1) is 0 Å². The van der Waals surface area contributed by atoms with Crippen LogP contribution in [0.2, 0.25) is 5.02 Å². The van der Waals surface area contributed by atoms with Crippen LogP contribution in [0.25, 0.3) is 0 Å². The predicted molar refractivity (Wildman–Crippen MR) is 94.5 cm³/mol. The van der Waals surface area contributed by atoms with Crippen molar-refractivity contribution >= 4 is 29.2 Å². The molecule has 0 saturated carbocycles. The predicted octanol–water partition coefficient (Wildman–Crippen LogP) is 3.54. The largest absolute Gasteiger partial charge is 0.497 e. The van der Waals surface area contributed by atoms with E-state index in [0.717, 1.165) is 0 Å². The third kappa shape index (κ3) is 4.87. The van der Waals surface area contributed by atoms with Gasteiger partial charge in [-0.2, -0.15) is 0 Å². The van der Waals surface area contributed by atoms with Crippen LogP contribution in [-0.2, 0) is 9.53 Å². The molecule has 1 N–H and O–H groups in total. The van der Waals surface area contributed by atoms with E-state index in [1.54, 1.807) is 36.4 Å². The summed E-state index contributed by atoms with van der Waals surface area (Å²) in [4.78, 5) is 24.4. The summed E-state index contributed by atoms with van der Waals surface area (Å²) in [5.74, 6) is -0.119. The maximum absolute atomic E-state index is 12.3. The lowest BCUT2D eigenvalue weighted by molar-refractivity contribution is -0.123. The van der Waals surface area contributed by atoms with E-state index in [0.29, 0.717) is 22.2 Å². The van der Waals surface area contributed by atoms with Gasteiger partial charge in [-0.3, -0.25) is 4.79 Å². The van der Waals surface area contributed by atoms with E-state index in [1.165, 1.54) is 27.2 Å². The van der Waals surface area contributed by atoms with E-state index >= 15 is 0 Å². The Hall–Kier alpha value is -2.73. The smallest absolute Gasteiger partial charge is 0.338 e. The summed E-state index contributed by atoms with van der Waals surface area (Å²) in [7, 11) is 3.00. The quantitative estimate of drug-likeness (QED) is 0.794. The molecule has 0 fully saturated rings. The number of methoxy groups -OCH3 is 2. The lowest BCUT2D eigenvalue weighted by atomic mass is 10.2. The number of hydrogen-bond acceptors (Lipinski definition) is 5. The molecule has 0 bridgehead atoms. The normalized spacial score (nSPS) is 11.4. The van der Waals surface area contributed by atoms with E-state index in [1.807, 2.05) is 0 Å². The average molecular weight is 364 g/mol. The number of carbonyl (C=O) groups is 2. The maximum atomic E-state index is 12.3. The van der Waals surface area contributed by atoms with Crippen molar-refractivity contribution in [1.82, 2.24) is 0 Å². The zero-order valence-corrected chi connectivity index (χ0v) is 14.8. The van der Waals surface area contributed by atoms with Gasteiger partial charge in [-0.15, -0.1) is 0 Å². The molecule has 0 aromatic heterocycles. The topological polar surface area (TPSA) is 73.9 Å². The van der Waals surface area contributed by atoms with E-state index in [4.69, 9.17) is 25.8 Å². The number of nitrogens with one attached hydrogen (secondary N) is 1. The second kappa shape index (κ2) is 8.39. The number of hydrogen-bond donors (Lipinski definition) is 1. The van der Waals surface area contributed by atoms with Gasteiger partial charge in [0.15, 0.2) is 6.10 Å². The molecule has 0 aliphatic carbocycles. The van der Waals surface area contributed by atoms with Crippen LogP contribution in [0.4, 0.5) is 5.69 Å². The van der Waals surface area contributed by atoms with Crippen molar-refractivity contribution in [1.29, 1.82) is 0 Å². The summed E-state index contributed by atoms with van der Waals surface area (Å²) in [5.41, 5.74) is 0.684. The molecule has 132 valence electrons. The minimum atomic E-state index is -1.01. The molecule has 0 heterocycles. The van der Waals surface area contributed by atoms with Gasteiger partial charge in [0.1, 0.15) is 11.5 Å². The zero-order chi connectivity index (χ0) is 18.4. The van der Waals surface area contributed by atoms with Crippen LogP contribution in [0.1, 0.15) is 17.3 Å². The number of anilines is 1. The van der Waals surface area contributed by atoms with E-state index in [9.17, 15) is 9.59 Å². The van der Waals surface area contributed by atoms with Gasteiger partial charge in [0.05, 0.1) is 25.5 Å². The Morgan fingerprint density at radius 2 is 1.84 bits per heavy atom. The van der Waals surface area contributed by atoms with Crippen LogP contribution < -0.4 is 14.8 Å². The van der Waals surface area contributed by atoms with Crippen molar-refractivity contribution in [2.24, 2.45) is 0 Å². The fourth-order valence-corrected chi connectivity index (χ4v) is 2.23. The molecule has 0 saturated heterocycles. The van der Waals surface area contributed by atoms with Crippen molar-refractivity contribution in [3.8, 4) is 11.5 Å². The fourth-order valence-electron chi connectivity index (χ4n) is 2.04. The highest BCUT2D eigenvalue weighted by Crippen LogP contribution is 2.29. The Morgan fingerprint density at radius 1 is 1.08 bits per heavy atom. The van der Waals surface area contributed by atoms with E-state index < -0.39 is 18.0 Å². The van der Waals surface area contributed by atoms with Crippen molar-refractivity contribution in [3.63, 3.8) is 0 Å². The standard InChI is InChI=1S/C18H18ClNO5/c1-11(25-18(22)12-5-4-6-13(19)9-12)17(21)20-15-10-14(23-2)7-8-16(15)24-3/h4-11H,1-3H3,(H,20,21)/t11-/m0/s1. The van der Waals surface area contributed by atoms with Gasteiger partial charge in [-0.05, 0) is 37.3 Å². The van der Waals surface area contributed by atoms with Gasteiger partial charge >= 0.3 is 5.97 Å². The minimum Gasteiger partial charge on any atom is -0.497 e. The highest BCUT2D eigenvalue weighted by atomic mass is 35.5. The number of ether oxygens (including phenoxy) is 3. The summed E-state index contributed by atoms with van der Waals surface area (Å²) in [6, 6.07) is 11.3. The van der Waals surface area contributed by atoms with E-state index in [-0.39, 0.29) is 5.56 Å². The van der Waals surface area contributed by atoms with Gasteiger partial charge in [0.2, 0.25) is 0 Å². The molecule has 7 heteroatoms. The van der Waals surface area contributed by atoms with Gasteiger partial charge in [-0.25, -0.2) is 4.79 Å². The lowest BCUT2D eigenvalue weighted by Crippen LogP contribution is -2.30. The van der Waals surface area contributed by atoms with Crippen molar-refractivity contribution in [2.75, 3.05) is 19.5 Å². The summed E-state index contributed by atoms with van der Waals surface area (Å²) >= 11 is 5.84. The second-order valence-electron chi connectivity index (χ2n) is 5.11. The van der Waals surface area contributed by atoms with Gasteiger partial charge < -0.3 is 19.5 Å². The molecule has 0 radical (unpaired) electrons. The first-order valence-corrected chi connectivity index (χ1v) is 7.82.